The van der Waals surface area contributed by atoms with Gasteiger partial charge in [0.05, 0.1) is 12.6 Å². The summed E-state index contributed by atoms with van der Waals surface area (Å²) in [6, 6.07) is 8.99. The molecule has 4 rings (SSSR count). The summed E-state index contributed by atoms with van der Waals surface area (Å²) >= 11 is 0. The minimum absolute atomic E-state index is 0.323. The third-order valence-electron chi connectivity index (χ3n) is 5.12. The van der Waals surface area contributed by atoms with E-state index in [2.05, 4.69) is 45.6 Å². The highest BCUT2D eigenvalue weighted by Gasteiger charge is 2.27. The molecule has 0 fully saturated rings. The van der Waals surface area contributed by atoms with Crippen molar-refractivity contribution < 1.29 is 4.74 Å². The van der Waals surface area contributed by atoms with Crippen LogP contribution in [0.4, 0.5) is 0 Å². The number of aromatic amines is 1. The standard InChI is InChI=1S/C19H24N4O/c1-14-19-21-12-16(7-11-24-2)23(19)10-9-22(14)13-15-4-3-5-18-17(15)6-8-20-18/h3-6,8,12,14,20H,7,9-11,13H2,1-2H3/t14-/m1/s1. The van der Waals surface area contributed by atoms with Crippen LogP contribution in [0.15, 0.2) is 36.7 Å². The fourth-order valence-corrected chi connectivity index (χ4v) is 3.73. The van der Waals surface area contributed by atoms with Crippen molar-refractivity contribution in [2.45, 2.75) is 32.5 Å². The minimum atomic E-state index is 0.323. The van der Waals surface area contributed by atoms with Crippen LogP contribution < -0.4 is 0 Å². The summed E-state index contributed by atoms with van der Waals surface area (Å²) in [5, 5.41) is 1.32. The molecule has 0 saturated carbocycles. The molecule has 1 aromatic carbocycles. The van der Waals surface area contributed by atoms with Gasteiger partial charge in [0.2, 0.25) is 0 Å². The van der Waals surface area contributed by atoms with E-state index < -0.39 is 0 Å². The summed E-state index contributed by atoms with van der Waals surface area (Å²) in [6.45, 7) is 6.01. The molecule has 5 heteroatoms. The highest BCUT2D eigenvalue weighted by atomic mass is 16.5. The molecule has 1 aliphatic rings. The molecule has 3 aromatic rings. The van der Waals surface area contributed by atoms with E-state index in [0.29, 0.717) is 6.04 Å². The molecule has 0 saturated heterocycles. The molecule has 0 spiro atoms. The van der Waals surface area contributed by atoms with E-state index in [-0.39, 0.29) is 0 Å². The molecule has 2 aromatic heterocycles. The zero-order chi connectivity index (χ0) is 16.5. The maximum atomic E-state index is 5.21. The summed E-state index contributed by atoms with van der Waals surface area (Å²) in [4.78, 5) is 10.5. The van der Waals surface area contributed by atoms with Crippen molar-refractivity contribution in [2.24, 2.45) is 0 Å². The highest BCUT2D eigenvalue weighted by molar-refractivity contribution is 5.82. The minimum Gasteiger partial charge on any atom is -0.384 e. The number of hydrogen-bond acceptors (Lipinski definition) is 3. The lowest BCUT2D eigenvalue weighted by atomic mass is 10.1. The lowest BCUT2D eigenvalue weighted by Crippen LogP contribution is -2.37. The topological polar surface area (TPSA) is 46.1 Å². The number of nitrogens with zero attached hydrogens (tertiary/aromatic N) is 3. The van der Waals surface area contributed by atoms with Gasteiger partial charge in [0.1, 0.15) is 5.82 Å². The van der Waals surface area contributed by atoms with Crippen LogP contribution in [-0.4, -0.2) is 39.7 Å². The Kier molecular flexibility index (Phi) is 4.12. The van der Waals surface area contributed by atoms with E-state index >= 15 is 0 Å². The van der Waals surface area contributed by atoms with E-state index in [1.807, 2.05) is 12.4 Å². The van der Waals surface area contributed by atoms with Crippen LogP contribution in [0.2, 0.25) is 0 Å². The second-order valence-corrected chi connectivity index (χ2v) is 6.50. The molecule has 1 N–H and O–H groups in total. The van der Waals surface area contributed by atoms with Gasteiger partial charge in [-0.15, -0.1) is 0 Å². The van der Waals surface area contributed by atoms with Crippen molar-refractivity contribution >= 4 is 10.9 Å². The van der Waals surface area contributed by atoms with Gasteiger partial charge < -0.3 is 14.3 Å². The number of benzene rings is 1. The SMILES string of the molecule is COCCc1cnc2n1CCN(Cc1cccc3[nH]ccc13)[C@@H]2C. The van der Waals surface area contributed by atoms with Crippen LogP contribution >= 0.6 is 0 Å². The van der Waals surface area contributed by atoms with Crippen LogP contribution in [-0.2, 0) is 24.2 Å². The molecular formula is C19H24N4O. The summed E-state index contributed by atoms with van der Waals surface area (Å²) < 4.78 is 7.58. The Balaban J connectivity index is 1.56. The zero-order valence-corrected chi connectivity index (χ0v) is 14.3. The summed E-state index contributed by atoms with van der Waals surface area (Å²) in [7, 11) is 1.75. The molecule has 0 amide bonds. The van der Waals surface area contributed by atoms with Gasteiger partial charge in [-0.25, -0.2) is 4.98 Å². The van der Waals surface area contributed by atoms with Gasteiger partial charge >= 0.3 is 0 Å². The third-order valence-corrected chi connectivity index (χ3v) is 5.12. The van der Waals surface area contributed by atoms with E-state index in [9.17, 15) is 0 Å². The number of imidazole rings is 1. The Hall–Kier alpha value is -2.11. The van der Waals surface area contributed by atoms with Crippen LogP contribution in [0.5, 0.6) is 0 Å². The Bertz CT molecular complexity index is 835. The summed E-state index contributed by atoms with van der Waals surface area (Å²) in [5.41, 5.74) is 3.87. The predicted octanol–water partition coefficient (Wildman–Crippen LogP) is 3.13. The molecule has 3 heterocycles. The Morgan fingerprint density at radius 3 is 3.08 bits per heavy atom. The van der Waals surface area contributed by atoms with Gasteiger partial charge in [-0.05, 0) is 24.6 Å². The number of hydrogen-bond donors (Lipinski definition) is 1. The number of H-pyrrole nitrogens is 1. The Labute approximate surface area is 142 Å². The normalized spacial score (nSPS) is 18.2. The summed E-state index contributed by atoms with van der Waals surface area (Å²) in [5.74, 6) is 1.17. The molecule has 24 heavy (non-hydrogen) atoms. The monoisotopic (exact) mass is 324 g/mol. The smallest absolute Gasteiger partial charge is 0.126 e. The van der Waals surface area contributed by atoms with Gasteiger partial charge in [0.25, 0.3) is 0 Å². The zero-order valence-electron chi connectivity index (χ0n) is 14.3. The third kappa shape index (κ3) is 2.64. The number of aromatic nitrogens is 3. The van der Waals surface area contributed by atoms with E-state index in [4.69, 9.17) is 9.72 Å². The van der Waals surface area contributed by atoms with Crippen molar-refractivity contribution in [3.05, 3.63) is 53.7 Å². The van der Waals surface area contributed by atoms with Crippen LogP contribution in [0.25, 0.3) is 10.9 Å². The maximum Gasteiger partial charge on any atom is 0.126 e. The second kappa shape index (κ2) is 6.42. The van der Waals surface area contributed by atoms with Crippen molar-refractivity contribution in [1.82, 2.24) is 19.4 Å². The van der Waals surface area contributed by atoms with Crippen molar-refractivity contribution in [3.63, 3.8) is 0 Å². The van der Waals surface area contributed by atoms with Gasteiger partial charge in [-0.3, -0.25) is 4.90 Å². The Morgan fingerprint density at radius 1 is 1.29 bits per heavy atom. The van der Waals surface area contributed by atoms with Gasteiger partial charge in [-0.2, -0.15) is 0 Å². The number of ether oxygens (including phenoxy) is 1. The lowest BCUT2D eigenvalue weighted by molar-refractivity contribution is 0.153. The first-order valence-corrected chi connectivity index (χ1v) is 8.60. The highest BCUT2D eigenvalue weighted by Crippen LogP contribution is 2.28. The number of rotatable bonds is 5. The van der Waals surface area contributed by atoms with Crippen molar-refractivity contribution in [2.75, 3.05) is 20.3 Å². The molecule has 1 atom stereocenters. The van der Waals surface area contributed by atoms with E-state index in [0.717, 1.165) is 32.7 Å². The second-order valence-electron chi connectivity index (χ2n) is 6.50. The largest absolute Gasteiger partial charge is 0.384 e. The number of fused-ring (bicyclic) bond motifs is 2. The number of nitrogens with one attached hydrogen (secondary N) is 1. The van der Waals surface area contributed by atoms with Gasteiger partial charge in [0, 0.05) is 62.2 Å². The average Bonchev–Trinajstić information content (AvgIpc) is 3.23. The van der Waals surface area contributed by atoms with Gasteiger partial charge in [0.15, 0.2) is 0 Å². The van der Waals surface area contributed by atoms with Gasteiger partial charge in [-0.1, -0.05) is 12.1 Å². The first kappa shape index (κ1) is 15.4. The van der Waals surface area contributed by atoms with Crippen LogP contribution in [0, 0.1) is 0 Å². The van der Waals surface area contributed by atoms with Crippen molar-refractivity contribution in [1.29, 1.82) is 0 Å². The quantitative estimate of drug-likeness (QED) is 0.784. The molecule has 0 unspecified atom stereocenters. The Morgan fingerprint density at radius 2 is 2.21 bits per heavy atom. The predicted molar refractivity (Wildman–Crippen MR) is 94.9 cm³/mol. The molecule has 0 radical (unpaired) electrons. The first-order valence-electron chi connectivity index (χ1n) is 8.60. The molecule has 5 nitrogen and oxygen atoms in total. The molecule has 0 bridgehead atoms. The average molecular weight is 324 g/mol. The fourth-order valence-electron chi connectivity index (χ4n) is 3.73. The van der Waals surface area contributed by atoms with E-state index in [1.165, 1.54) is 28.0 Å². The maximum absolute atomic E-state index is 5.21. The first-order chi connectivity index (χ1) is 11.8. The van der Waals surface area contributed by atoms with E-state index in [1.54, 1.807) is 7.11 Å². The lowest BCUT2D eigenvalue weighted by Gasteiger charge is -2.34. The summed E-state index contributed by atoms with van der Waals surface area (Å²) in [6.07, 6.45) is 4.96. The van der Waals surface area contributed by atoms with Crippen molar-refractivity contribution in [3.8, 4) is 0 Å². The molecule has 126 valence electrons. The fraction of sp³-hybridized carbons (Fsp3) is 0.421. The molecule has 0 aliphatic carbocycles. The molecular weight excluding hydrogens is 300 g/mol. The van der Waals surface area contributed by atoms with Crippen LogP contribution in [0.1, 0.15) is 30.0 Å². The molecule has 1 aliphatic heterocycles. The van der Waals surface area contributed by atoms with Crippen LogP contribution in [0.3, 0.4) is 0 Å². The number of methoxy groups -OCH3 is 1.